The van der Waals surface area contributed by atoms with Crippen LogP contribution < -0.4 is 5.32 Å². The van der Waals surface area contributed by atoms with E-state index in [4.69, 9.17) is 4.74 Å². The second kappa shape index (κ2) is 7.38. The lowest BCUT2D eigenvalue weighted by molar-refractivity contribution is 0.0524. The van der Waals surface area contributed by atoms with Gasteiger partial charge in [0, 0.05) is 24.6 Å². The number of carbonyl (C=O) groups is 1. The number of hydrogen-bond donors (Lipinski definition) is 1. The normalized spacial score (nSPS) is 10.6. The zero-order valence-corrected chi connectivity index (χ0v) is 13.7. The number of rotatable bonds is 6. The maximum Gasteiger partial charge on any atom is 0.341 e. The van der Waals surface area contributed by atoms with Gasteiger partial charge in [-0.15, -0.1) is 0 Å². The Hall–Kier alpha value is -1.66. The number of esters is 1. The van der Waals surface area contributed by atoms with E-state index in [0.717, 1.165) is 10.2 Å². The first-order valence-electron chi connectivity index (χ1n) is 6.75. The van der Waals surface area contributed by atoms with E-state index in [2.05, 4.69) is 32.4 Å². The fourth-order valence-corrected chi connectivity index (χ4v) is 2.47. The van der Waals surface area contributed by atoms with Crippen LogP contribution in [0.3, 0.4) is 0 Å². The molecule has 1 aromatic heterocycles. The van der Waals surface area contributed by atoms with Gasteiger partial charge in [0.05, 0.1) is 18.5 Å². The molecule has 2 aromatic rings. The Morgan fingerprint density at radius 1 is 1.43 bits per heavy atom. The highest BCUT2D eigenvalue weighted by Crippen LogP contribution is 2.12. The SMILES string of the molecule is CCOC(=O)c1cnn(C)c1CNCc1cccc(Br)c1. The van der Waals surface area contributed by atoms with Crippen molar-refractivity contribution in [1.29, 1.82) is 0 Å². The van der Waals surface area contributed by atoms with Crippen LogP contribution in [0.15, 0.2) is 34.9 Å². The van der Waals surface area contributed by atoms with Crippen molar-refractivity contribution in [1.82, 2.24) is 15.1 Å². The molecular weight excluding hydrogens is 334 g/mol. The quantitative estimate of drug-likeness (QED) is 0.812. The summed E-state index contributed by atoms with van der Waals surface area (Å²) in [6.07, 6.45) is 1.55. The molecule has 0 aliphatic carbocycles. The molecule has 0 aliphatic heterocycles. The minimum atomic E-state index is -0.329. The molecule has 0 saturated heterocycles. The Morgan fingerprint density at radius 2 is 2.24 bits per heavy atom. The smallest absolute Gasteiger partial charge is 0.341 e. The predicted molar refractivity (Wildman–Crippen MR) is 83.9 cm³/mol. The summed E-state index contributed by atoms with van der Waals surface area (Å²) < 4.78 is 7.78. The summed E-state index contributed by atoms with van der Waals surface area (Å²) in [6, 6.07) is 8.09. The van der Waals surface area contributed by atoms with E-state index in [1.54, 1.807) is 17.8 Å². The molecule has 5 nitrogen and oxygen atoms in total. The predicted octanol–water partition coefficient (Wildman–Crippen LogP) is 2.65. The Labute approximate surface area is 132 Å². The number of nitrogens with zero attached hydrogens (tertiary/aromatic N) is 2. The standard InChI is InChI=1S/C15H18BrN3O2/c1-3-21-15(20)13-9-18-19(2)14(13)10-17-8-11-5-4-6-12(16)7-11/h4-7,9,17H,3,8,10H2,1-2H3. The molecular formula is C15H18BrN3O2. The second-order valence-electron chi connectivity index (χ2n) is 4.58. The van der Waals surface area contributed by atoms with Crippen molar-refractivity contribution in [3.63, 3.8) is 0 Å². The summed E-state index contributed by atoms with van der Waals surface area (Å²) in [5, 5.41) is 7.45. The molecule has 6 heteroatoms. The topological polar surface area (TPSA) is 56.1 Å². The molecule has 0 unspecified atom stereocenters. The van der Waals surface area contributed by atoms with Crippen LogP contribution in [0.5, 0.6) is 0 Å². The maximum absolute atomic E-state index is 11.8. The lowest BCUT2D eigenvalue weighted by Gasteiger charge is -2.08. The molecule has 0 aliphatic rings. The number of hydrogen-bond acceptors (Lipinski definition) is 4. The summed E-state index contributed by atoms with van der Waals surface area (Å²) in [5.41, 5.74) is 2.51. The average Bonchev–Trinajstić information content (AvgIpc) is 2.81. The first-order valence-corrected chi connectivity index (χ1v) is 7.54. The van der Waals surface area contributed by atoms with Crippen molar-refractivity contribution in [3.8, 4) is 0 Å². The number of carbonyl (C=O) groups excluding carboxylic acids is 1. The molecule has 21 heavy (non-hydrogen) atoms. The second-order valence-corrected chi connectivity index (χ2v) is 5.50. The highest BCUT2D eigenvalue weighted by atomic mass is 79.9. The lowest BCUT2D eigenvalue weighted by Crippen LogP contribution is -2.18. The molecule has 1 N–H and O–H groups in total. The molecule has 0 saturated carbocycles. The Bertz CT molecular complexity index is 625. The van der Waals surface area contributed by atoms with E-state index in [1.807, 2.05) is 25.2 Å². The van der Waals surface area contributed by atoms with Crippen molar-refractivity contribution in [3.05, 3.63) is 51.8 Å². The number of aromatic nitrogens is 2. The van der Waals surface area contributed by atoms with Gasteiger partial charge in [0.25, 0.3) is 0 Å². The summed E-state index contributed by atoms with van der Waals surface area (Å²) in [4.78, 5) is 11.8. The van der Waals surface area contributed by atoms with Crippen LogP contribution >= 0.6 is 15.9 Å². The van der Waals surface area contributed by atoms with Gasteiger partial charge in [-0.05, 0) is 24.6 Å². The maximum atomic E-state index is 11.8. The van der Waals surface area contributed by atoms with Gasteiger partial charge >= 0.3 is 5.97 Å². The van der Waals surface area contributed by atoms with Crippen LogP contribution in [0, 0.1) is 0 Å². The summed E-state index contributed by atoms with van der Waals surface area (Å²) in [5.74, 6) is -0.329. The lowest BCUT2D eigenvalue weighted by atomic mass is 10.2. The molecule has 0 spiro atoms. The number of aryl methyl sites for hydroxylation is 1. The molecule has 0 fully saturated rings. The summed E-state index contributed by atoms with van der Waals surface area (Å²) >= 11 is 3.45. The molecule has 112 valence electrons. The molecule has 0 radical (unpaired) electrons. The minimum absolute atomic E-state index is 0.329. The number of benzene rings is 1. The van der Waals surface area contributed by atoms with Crippen LogP contribution in [0.2, 0.25) is 0 Å². The molecule has 2 rings (SSSR count). The van der Waals surface area contributed by atoms with Gasteiger partial charge in [-0.1, -0.05) is 28.1 Å². The van der Waals surface area contributed by atoms with Crippen LogP contribution in [0.25, 0.3) is 0 Å². The van der Waals surface area contributed by atoms with Gasteiger partial charge < -0.3 is 10.1 Å². The van der Waals surface area contributed by atoms with Gasteiger partial charge in [-0.25, -0.2) is 4.79 Å². The van der Waals surface area contributed by atoms with Gasteiger partial charge in [0.15, 0.2) is 0 Å². The largest absolute Gasteiger partial charge is 0.462 e. The summed E-state index contributed by atoms with van der Waals surface area (Å²) in [6.45, 7) is 3.42. The molecule has 1 heterocycles. The van der Waals surface area contributed by atoms with Crippen LogP contribution in [0.1, 0.15) is 28.5 Å². The van der Waals surface area contributed by atoms with Crippen molar-refractivity contribution in [2.45, 2.75) is 20.0 Å². The van der Waals surface area contributed by atoms with Crippen molar-refractivity contribution in [2.24, 2.45) is 7.05 Å². The zero-order chi connectivity index (χ0) is 15.2. The highest BCUT2D eigenvalue weighted by Gasteiger charge is 2.16. The van der Waals surface area contributed by atoms with Gasteiger partial charge in [-0.2, -0.15) is 5.10 Å². The molecule has 1 aromatic carbocycles. The van der Waals surface area contributed by atoms with Gasteiger partial charge in [-0.3, -0.25) is 4.68 Å². The van der Waals surface area contributed by atoms with Crippen molar-refractivity contribution in [2.75, 3.05) is 6.61 Å². The molecule has 0 amide bonds. The number of halogens is 1. The third kappa shape index (κ3) is 4.15. The van der Waals surface area contributed by atoms with Crippen LogP contribution in [-0.2, 0) is 24.9 Å². The monoisotopic (exact) mass is 351 g/mol. The Balaban J connectivity index is 2.00. The van der Waals surface area contributed by atoms with Crippen LogP contribution in [-0.4, -0.2) is 22.4 Å². The Kier molecular flexibility index (Phi) is 5.52. The van der Waals surface area contributed by atoms with E-state index in [1.165, 1.54) is 5.56 Å². The van der Waals surface area contributed by atoms with Gasteiger partial charge in [0.1, 0.15) is 5.56 Å². The van der Waals surface area contributed by atoms with E-state index in [-0.39, 0.29) is 5.97 Å². The number of nitrogens with one attached hydrogen (secondary N) is 1. The highest BCUT2D eigenvalue weighted by molar-refractivity contribution is 9.10. The fraction of sp³-hybridized carbons (Fsp3) is 0.333. The number of ether oxygens (including phenoxy) is 1. The third-order valence-corrected chi connectivity index (χ3v) is 3.56. The minimum Gasteiger partial charge on any atom is -0.462 e. The Morgan fingerprint density at radius 3 is 2.95 bits per heavy atom. The van der Waals surface area contributed by atoms with E-state index in [9.17, 15) is 4.79 Å². The molecule has 0 atom stereocenters. The van der Waals surface area contributed by atoms with E-state index in [0.29, 0.717) is 25.3 Å². The van der Waals surface area contributed by atoms with Crippen molar-refractivity contribution < 1.29 is 9.53 Å². The van der Waals surface area contributed by atoms with Gasteiger partial charge in [0.2, 0.25) is 0 Å². The van der Waals surface area contributed by atoms with E-state index >= 15 is 0 Å². The third-order valence-electron chi connectivity index (χ3n) is 3.07. The van der Waals surface area contributed by atoms with Crippen LogP contribution in [0.4, 0.5) is 0 Å². The first-order chi connectivity index (χ1) is 10.1. The first kappa shape index (κ1) is 15.7. The van der Waals surface area contributed by atoms with E-state index < -0.39 is 0 Å². The summed E-state index contributed by atoms with van der Waals surface area (Å²) in [7, 11) is 1.82. The zero-order valence-electron chi connectivity index (χ0n) is 12.1. The average molecular weight is 352 g/mol. The van der Waals surface area contributed by atoms with Crippen molar-refractivity contribution >= 4 is 21.9 Å². The fourth-order valence-electron chi connectivity index (χ4n) is 2.02. The molecule has 0 bridgehead atoms.